The Hall–Kier alpha value is -2.43. The summed E-state index contributed by atoms with van der Waals surface area (Å²) in [6.45, 7) is 0.115. The molecule has 3 rings (SSSR count). The molecule has 0 radical (unpaired) electrons. The van der Waals surface area contributed by atoms with Gasteiger partial charge in [-0.2, -0.15) is 0 Å². The fourth-order valence-electron chi connectivity index (χ4n) is 2.04. The van der Waals surface area contributed by atoms with Crippen LogP contribution in [0, 0.1) is 0 Å². The number of rotatable bonds is 4. The van der Waals surface area contributed by atoms with Gasteiger partial charge in [-0.1, -0.05) is 41.4 Å². The first-order valence-corrected chi connectivity index (χ1v) is 7.88. The maximum atomic E-state index is 11.8. The van der Waals surface area contributed by atoms with E-state index in [2.05, 4.69) is 9.97 Å². The standard InChI is InChI=1S/C18H12Cl2N2O2/c19-14-7-5-12(9-15(14)20)11-24-18(23)8-6-13-10-21-16-3-1-2-4-17(16)22-13/h1-10H,11H2. The second-order valence-corrected chi connectivity index (χ2v) is 5.79. The van der Waals surface area contributed by atoms with Gasteiger partial charge in [0.25, 0.3) is 0 Å². The normalized spacial score (nSPS) is 11.1. The van der Waals surface area contributed by atoms with Gasteiger partial charge in [0.1, 0.15) is 6.61 Å². The van der Waals surface area contributed by atoms with E-state index in [0.29, 0.717) is 15.7 Å². The molecule has 2 aromatic carbocycles. The lowest BCUT2D eigenvalue weighted by Crippen LogP contribution is -2.01. The zero-order chi connectivity index (χ0) is 16.9. The summed E-state index contributed by atoms with van der Waals surface area (Å²) >= 11 is 11.8. The first-order chi connectivity index (χ1) is 11.6. The van der Waals surface area contributed by atoms with E-state index in [1.165, 1.54) is 6.08 Å². The third-order valence-electron chi connectivity index (χ3n) is 3.22. The molecule has 4 nitrogen and oxygen atoms in total. The van der Waals surface area contributed by atoms with Crippen LogP contribution in [0.1, 0.15) is 11.3 Å². The molecule has 0 amide bonds. The molecule has 0 saturated carbocycles. The first kappa shape index (κ1) is 16.4. The number of ether oxygens (including phenoxy) is 1. The average molecular weight is 359 g/mol. The van der Waals surface area contributed by atoms with Crippen LogP contribution >= 0.6 is 23.2 Å². The van der Waals surface area contributed by atoms with Gasteiger partial charge in [-0.25, -0.2) is 9.78 Å². The number of para-hydroxylation sites is 2. The van der Waals surface area contributed by atoms with E-state index in [1.54, 1.807) is 30.5 Å². The van der Waals surface area contributed by atoms with Gasteiger partial charge in [-0.15, -0.1) is 0 Å². The van der Waals surface area contributed by atoms with Crippen molar-refractivity contribution in [3.8, 4) is 0 Å². The number of fused-ring (bicyclic) bond motifs is 1. The monoisotopic (exact) mass is 358 g/mol. The van der Waals surface area contributed by atoms with E-state index in [1.807, 2.05) is 24.3 Å². The largest absolute Gasteiger partial charge is 0.458 e. The maximum Gasteiger partial charge on any atom is 0.331 e. The van der Waals surface area contributed by atoms with E-state index in [4.69, 9.17) is 27.9 Å². The number of hydrogen-bond donors (Lipinski definition) is 0. The molecular weight excluding hydrogens is 347 g/mol. The summed E-state index contributed by atoms with van der Waals surface area (Å²) in [5.74, 6) is -0.476. The van der Waals surface area contributed by atoms with Crippen molar-refractivity contribution >= 4 is 46.3 Å². The van der Waals surface area contributed by atoms with E-state index in [0.717, 1.165) is 16.6 Å². The molecule has 3 aromatic rings. The van der Waals surface area contributed by atoms with Crippen LogP contribution < -0.4 is 0 Å². The molecule has 0 aliphatic rings. The molecule has 0 saturated heterocycles. The molecule has 120 valence electrons. The fraction of sp³-hybridized carbons (Fsp3) is 0.0556. The minimum absolute atomic E-state index is 0.115. The number of aromatic nitrogens is 2. The molecule has 0 unspecified atom stereocenters. The number of hydrogen-bond acceptors (Lipinski definition) is 4. The van der Waals surface area contributed by atoms with Crippen LogP contribution in [-0.4, -0.2) is 15.9 Å². The number of nitrogens with zero attached hydrogens (tertiary/aromatic N) is 2. The Morgan fingerprint density at radius 1 is 1.08 bits per heavy atom. The van der Waals surface area contributed by atoms with Crippen molar-refractivity contribution in [1.29, 1.82) is 0 Å². The Balaban J connectivity index is 1.62. The lowest BCUT2D eigenvalue weighted by molar-refractivity contribution is -0.138. The summed E-state index contributed by atoms with van der Waals surface area (Å²) in [6, 6.07) is 12.6. The molecule has 0 bridgehead atoms. The summed E-state index contributed by atoms with van der Waals surface area (Å²) in [5.41, 5.74) is 2.91. The molecule has 0 aliphatic heterocycles. The molecule has 0 N–H and O–H groups in total. The van der Waals surface area contributed by atoms with Crippen molar-refractivity contribution < 1.29 is 9.53 Å². The molecule has 0 aliphatic carbocycles. The van der Waals surface area contributed by atoms with Crippen LogP contribution in [0.3, 0.4) is 0 Å². The molecule has 0 fully saturated rings. The minimum atomic E-state index is -0.476. The summed E-state index contributed by atoms with van der Waals surface area (Å²) in [7, 11) is 0. The van der Waals surface area contributed by atoms with E-state index in [9.17, 15) is 4.79 Å². The van der Waals surface area contributed by atoms with Crippen molar-refractivity contribution in [2.75, 3.05) is 0 Å². The second-order valence-electron chi connectivity index (χ2n) is 4.97. The van der Waals surface area contributed by atoms with Crippen LogP contribution in [-0.2, 0) is 16.1 Å². The zero-order valence-corrected chi connectivity index (χ0v) is 14.0. The van der Waals surface area contributed by atoms with Crippen molar-refractivity contribution in [3.63, 3.8) is 0 Å². The van der Waals surface area contributed by atoms with Gasteiger partial charge < -0.3 is 4.74 Å². The SMILES string of the molecule is O=C(C=Cc1cnc2ccccc2n1)OCc1ccc(Cl)c(Cl)c1. The molecule has 24 heavy (non-hydrogen) atoms. The predicted molar refractivity (Wildman–Crippen MR) is 94.8 cm³/mol. The van der Waals surface area contributed by atoms with E-state index < -0.39 is 5.97 Å². The Labute approximate surface area is 148 Å². The van der Waals surface area contributed by atoms with Gasteiger partial charge in [0.15, 0.2) is 0 Å². The topological polar surface area (TPSA) is 52.1 Å². The molecule has 1 heterocycles. The summed E-state index contributed by atoms with van der Waals surface area (Å²) in [6.07, 6.45) is 4.48. The van der Waals surface area contributed by atoms with Crippen LogP contribution in [0.25, 0.3) is 17.1 Å². The van der Waals surface area contributed by atoms with Gasteiger partial charge >= 0.3 is 5.97 Å². The summed E-state index contributed by atoms with van der Waals surface area (Å²) in [5, 5.41) is 0.883. The van der Waals surface area contributed by atoms with E-state index >= 15 is 0 Å². The van der Waals surface area contributed by atoms with Gasteiger partial charge in [0.2, 0.25) is 0 Å². The summed E-state index contributed by atoms with van der Waals surface area (Å²) in [4.78, 5) is 20.5. The molecule has 1 aromatic heterocycles. The molecular formula is C18H12Cl2N2O2. The lowest BCUT2D eigenvalue weighted by Gasteiger charge is -2.03. The van der Waals surface area contributed by atoms with Crippen LogP contribution in [0.15, 0.2) is 54.7 Å². The molecule has 6 heteroatoms. The Bertz CT molecular complexity index is 926. The highest BCUT2D eigenvalue weighted by molar-refractivity contribution is 6.42. The Morgan fingerprint density at radius 2 is 1.88 bits per heavy atom. The highest BCUT2D eigenvalue weighted by Gasteiger charge is 2.03. The van der Waals surface area contributed by atoms with Gasteiger partial charge in [-0.05, 0) is 35.9 Å². The number of esters is 1. The maximum absolute atomic E-state index is 11.8. The second kappa shape index (κ2) is 7.43. The van der Waals surface area contributed by atoms with Gasteiger partial charge in [-0.3, -0.25) is 4.98 Å². The average Bonchev–Trinajstić information content (AvgIpc) is 2.60. The number of halogens is 2. The molecule has 0 atom stereocenters. The zero-order valence-electron chi connectivity index (χ0n) is 12.4. The Morgan fingerprint density at radius 3 is 2.67 bits per heavy atom. The fourth-order valence-corrected chi connectivity index (χ4v) is 2.36. The third-order valence-corrected chi connectivity index (χ3v) is 3.96. The predicted octanol–water partition coefficient (Wildman–Crippen LogP) is 4.69. The van der Waals surface area contributed by atoms with Gasteiger partial charge in [0, 0.05) is 6.08 Å². The number of carbonyl (C=O) groups excluding carboxylic acids is 1. The van der Waals surface area contributed by atoms with Crippen molar-refractivity contribution in [1.82, 2.24) is 9.97 Å². The molecule has 0 spiro atoms. The van der Waals surface area contributed by atoms with Crippen molar-refractivity contribution in [2.24, 2.45) is 0 Å². The third kappa shape index (κ3) is 4.10. The minimum Gasteiger partial charge on any atom is -0.458 e. The smallest absolute Gasteiger partial charge is 0.331 e. The van der Waals surface area contributed by atoms with Crippen LogP contribution in [0.2, 0.25) is 10.0 Å². The number of benzene rings is 2. The van der Waals surface area contributed by atoms with Gasteiger partial charge in [0.05, 0.1) is 33.0 Å². The summed E-state index contributed by atoms with van der Waals surface area (Å²) < 4.78 is 5.16. The van der Waals surface area contributed by atoms with E-state index in [-0.39, 0.29) is 6.61 Å². The van der Waals surface area contributed by atoms with Crippen LogP contribution in [0.4, 0.5) is 0 Å². The first-order valence-electron chi connectivity index (χ1n) is 7.12. The van der Waals surface area contributed by atoms with Crippen LogP contribution in [0.5, 0.6) is 0 Å². The lowest BCUT2D eigenvalue weighted by atomic mass is 10.2. The number of carbonyl (C=O) groups is 1. The van der Waals surface area contributed by atoms with Crippen molar-refractivity contribution in [2.45, 2.75) is 6.61 Å². The highest BCUT2D eigenvalue weighted by atomic mass is 35.5. The quantitative estimate of drug-likeness (QED) is 0.501. The highest BCUT2D eigenvalue weighted by Crippen LogP contribution is 2.22. The Kier molecular flexibility index (Phi) is 5.08. The van der Waals surface area contributed by atoms with Crippen molar-refractivity contribution in [3.05, 3.63) is 76.0 Å².